The average molecular weight is 311 g/mol. The van der Waals surface area contributed by atoms with Crippen molar-refractivity contribution in [2.75, 3.05) is 6.54 Å². The number of halogens is 1. The summed E-state index contributed by atoms with van der Waals surface area (Å²) < 4.78 is 0.940. The van der Waals surface area contributed by atoms with Crippen molar-refractivity contribution in [2.24, 2.45) is 5.41 Å². The molecule has 0 bridgehead atoms. The number of nitriles is 1. The van der Waals surface area contributed by atoms with E-state index in [9.17, 15) is 5.11 Å². The molecule has 0 spiro atoms. The van der Waals surface area contributed by atoms with E-state index in [1.807, 2.05) is 26.0 Å². The predicted molar refractivity (Wildman–Crippen MR) is 76.2 cm³/mol. The fourth-order valence-corrected chi connectivity index (χ4v) is 2.08. The molecule has 0 aliphatic heterocycles. The number of rotatable bonds is 5. The van der Waals surface area contributed by atoms with E-state index in [4.69, 9.17) is 5.26 Å². The Balaban J connectivity index is 2.84. The van der Waals surface area contributed by atoms with Gasteiger partial charge in [-0.25, -0.2) is 0 Å². The quantitative estimate of drug-likeness (QED) is 0.871. The second-order valence-electron chi connectivity index (χ2n) is 5.04. The van der Waals surface area contributed by atoms with Crippen LogP contribution in [0.15, 0.2) is 22.7 Å². The summed E-state index contributed by atoms with van der Waals surface area (Å²) in [5.74, 6) is 0.285. The van der Waals surface area contributed by atoms with Gasteiger partial charge in [0.15, 0.2) is 0 Å². The zero-order valence-corrected chi connectivity index (χ0v) is 12.6. The minimum absolute atomic E-state index is 0.0510. The third-order valence-corrected chi connectivity index (χ3v) is 3.36. The molecule has 0 heterocycles. The van der Waals surface area contributed by atoms with Gasteiger partial charge in [0.05, 0.1) is 11.5 Å². The maximum Gasteiger partial charge on any atom is 0.120 e. The molecule has 1 atom stereocenters. The van der Waals surface area contributed by atoms with Crippen LogP contribution in [0.25, 0.3) is 0 Å². The molecule has 0 aliphatic rings. The van der Waals surface area contributed by atoms with Crippen LogP contribution in [-0.4, -0.2) is 11.7 Å². The third-order valence-electron chi connectivity index (χ3n) is 2.87. The molecule has 18 heavy (non-hydrogen) atoms. The molecule has 0 fully saturated rings. The lowest BCUT2D eigenvalue weighted by Crippen LogP contribution is -2.31. The molecule has 3 nitrogen and oxygen atoms in total. The summed E-state index contributed by atoms with van der Waals surface area (Å²) in [6.45, 7) is 6.44. The number of benzene rings is 1. The Bertz CT molecular complexity index is 452. The second kappa shape index (κ2) is 6.21. The average Bonchev–Trinajstić information content (AvgIpc) is 2.34. The Morgan fingerprint density at radius 1 is 1.50 bits per heavy atom. The van der Waals surface area contributed by atoms with Crippen molar-refractivity contribution < 1.29 is 5.11 Å². The van der Waals surface area contributed by atoms with Crippen LogP contribution in [-0.2, 0) is 0 Å². The summed E-state index contributed by atoms with van der Waals surface area (Å²) in [4.78, 5) is 0. The van der Waals surface area contributed by atoms with E-state index in [0.717, 1.165) is 16.5 Å². The zero-order chi connectivity index (χ0) is 13.8. The summed E-state index contributed by atoms with van der Waals surface area (Å²) in [7, 11) is 0. The van der Waals surface area contributed by atoms with Gasteiger partial charge in [-0.2, -0.15) is 5.26 Å². The van der Waals surface area contributed by atoms with Crippen LogP contribution in [0.4, 0.5) is 0 Å². The molecule has 0 saturated heterocycles. The van der Waals surface area contributed by atoms with Gasteiger partial charge in [-0.15, -0.1) is 0 Å². The van der Waals surface area contributed by atoms with E-state index in [2.05, 4.69) is 34.2 Å². The van der Waals surface area contributed by atoms with Crippen molar-refractivity contribution in [3.8, 4) is 11.8 Å². The Kier molecular flexibility index (Phi) is 5.18. The number of hydrogen-bond donors (Lipinski definition) is 2. The van der Waals surface area contributed by atoms with Crippen LogP contribution in [0.5, 0.6) is 5.75 Å². The molecule has 0 aromatic heterocycles. The fourth-order valence-electron chi connectivity index (χ4n) is 1.70. The lowest BCUT2D eigenvalue weighted by Gasteiger charge is -2.23. The highest BCUT2D eigenvalue weighted by molar-refractivity contribution is 9.10. The van der Waals surface area contributed by atoms with Crippen LogP contribution >= 0.6 is 15.9 Å². The van der Waals surface area contributed by atoms with Gasteiger partial charge in [0.25, 0.3) is 0 Å². The van der Waals surface area contributed by atoms with Gasteiger partial charge in [-0.3, -0.25) is 0 Å². The first-order valence-corrected chi connectivity index (χ1v) is 6.82. The molecule has 1 rings (SSSR count). The number of phenols is 1. The van der Waals surface area contributed by atoms with Crippen molar-refractivity contribution in [1.82, 2.24) is 5.32 Å². The van der Waals surface area contributed by atoms with Gasteiger partial charge < -0.3 is 10.4 Å². The summed E-state index contributed by atoms with van der Waals surface area (Å²) in [6, 6.07) is 7.72. The van der Waals surface area contributed by atoms with Crippen molar-refractivity contribution in [1.29, 1.82) is 5.26 Å². The standard InChI is InChI=1S/C14H19BrN2O/c1-4-12(17-9-14(2,3)8-16)11-7-10(15)5-6-13(11)18/h5-7,12,17-18H,4,9H2,1-3H3. The van der Waals surface area contributed by atoms with Gasteiger partial charge in [-0.05, 0) is 38.5 Å². The topological polar surface area (TPSA) is 56.0 Å². The van der Waals surface area contributed by atoms with E-state index in [-0.39, 0.29) is 11.8 Å². The van der Waals surface area contributed by atoms with E-state index in [1.165, 1.54) is 0 Å². The zero-order valence-electron chi connectivity index (χ0n) is 11.0. The highest BCUT2D eigenvalue weighted by Crippen LogP contribution is 2.29. The number of aromatic hydroxyl groups is 1. The maximum absolute atomic E-state index is 9.90. The van der Waals surface area contributed by atoms with Crippen LogP contribution in [0.2, 0.25) is 0 Å². The lowest BCUT2D eigenvalue weighted by atomic mass is 9.94. The molecule has 4 heteroatoms. The van der Waals surface area contributed by atoms with E-state index < -0.39 is 5.41 Å². The monoisotopic (exact) mass is 310 g/mol. The Labute approximate surface area is 117 Å². The first kappa shape index (κ1) is 15.0. The summed E-state index contributed by atoms with van der Waals surface area (Å²) >= 11 is 3.41. The molecule has 98 valence electrons. The smallest absolute Gasteiger partial charge is 0.120 e. The van der Waals surface area contributed by atoms with E-state index in [1.54, 1.807) is 6.07 Å². The van der Waals surface area contributed by atoms with Crippen molar-refractivity contribution >= 4 is 15.9 Å². The van der Waals surface area contributed by atoms with Crippen LogP contribution in [0.3, 0.4) is 0 Å². The number of phenolic OH excluding ortho intramolecular Hbond substituents is 1. The Morgan fingerprint density at radius 2 is 2.17 bits per heavy atom. The van der Waals surface area contributed by atoms with Crippen molar-refractivity contribution in [3.05, 3.63) is 28.2 Å². The van der Waals surface area contributed by atoms with Gasteiger partial charge in [0, 0.05) is 22.6 Å². The highest BCUT2D eigenvalue weighted by atomic mass is 79.9. The van der Waals surface area contributed by atoms with Crippen LogP contribution in [0.1, 0.15) is 38.8 Å². The molecule has 1 aromatic rings. The molecule has 1 aromatic carbocycles. The largest absolute Gasteiger partial charge is 0.508 e. The molecular formula is C14H19BrN2O. The maximum atomic E-state index is 9.90. The van der Waals surface area contributed by atoms with Gasteiger partial charge >= 0.3 is 0 Å². The SMILES string of the molecule is CCC(NCC(C)(C)C#N)c1cc(Br)ccc1O. The predicted octanol–water partition coefficient (Wildman–Crippen LogP) is 3.75. The van der Waals surface area contributed by atoms with Gasteiger partial charge in [0.1, 0.15) is 5.75 Å². The van der Waals surface area contributed by atoms with Crippen LogP contribution in [0, 0.1) is 16.7 Å². The second-order valence-corrected chi connectivity index (χ2v) is 5.96. The van der Waals surface area contributed by atoms with Gasteiger partial charge in [0.2, 0.25) is 0 Å². The molecule has 0 aliphatic carbocycles. The number of nitrogens with zero attached hydrogens (tertiary/aromatic N) is 1. The minimum atomic E-state index is -0.408. The molecule has 0 saturated carbocycles. The Morgan fingerprint density at radius 3 is 2.72 bits per heavy atom. The van der Waals surface area contributed by atoms with Crippen molar-refractivity contribution in [2.45, 2.75) is 33.2 Å². The first-order valence-electron chi connectivity index (χ1n) is 6.02. The number of hydrogen-bond acceptors (Lipinski definition) is 3. The van der Waals surface area contributed by atoms with Crippen molar-refractivity contribution in [3.63, 3.8) is 0 Å². The third kappa shape index (κ3) is 4.01. The molecule has 2 N–H and O–H groups in total. The normalized spacial score (nSPS) is 13.1. The number of nitrogens with one attached hydrogen (secondary N) is 1. The van der Waals surface area contributed by atoms with E-state index in [0.29, 0.717) is 6.54 Å². The first-order chi connectivity index (χ1) is 8.39. The molecule has 0 radical (unpaired) electrons. The summed E-state index contributed by atoms with van der Waals surface area (Å²) in [6.07, 6.45) is 0.853. The molecule has 0 amide bonds. The fraction of sp³-hybridized carbons (Fsp3) is 0.500. The molecular weight excluding hydrogens is 292 g/mol. The van der Waals surface area contributed by atoms with Crippen LogP contribution < -0.4 is 5.32 Å². The summed E-state index contributed by atoms with van der Waals surface area (Å²) in [5.41, 5.74) is 0.454. The lowest BCUT2D eigenvalue weighted by molar-refractivity contribution is 0.386. The van der Waals surface area contributed by atoms with Gasteiger partial charge in [-0.1, -0.05) is 22.9 Å². The summed E-state index contributed by atoms with van der Waals surface area (Å²) in [5, 5.41) is 22.2. The van der Waals surface area contributed by atoms with E-state index >= 15 is 0 Å². The Hall–Kier alpha value is -1.05. The minimum Gasteiger partial charge on any atom is -0.508 e. The molecule has 1 unspecified atom stereocenters. The highest BCUT2D eigenvalue weighted by Gasteiger charge is 2.20.